The largest absolute Gasteiger partial charge is 0.383 e. The third-order valence-corrected chi connectivity index (χ3v) is 2.22. The molecule has 3 N–H and O–H groups in total. The Bertz CT molecular complexity index is 528. The number of ketones is 1. The van der Waals surface area contributed by atoms with E-state index in [4.69, 9.17) is 5.73 Å². The molecule has 2 rings (SSSR count). The van der Waals surface area contributed by atoms with Gasteiger partial charge in [-0.05, 0) is 30.7 Å². The molecule has 0 amide bonds. The number of rotatable bonds is 2. The third kappa shape index (κ3) is 1.79. The molecule has 4 nitrogen and oxygen atoms in total. The monoisotopic (exact) mass is 219 g/mol. The van der Waals surface area contributed by atoms with Crippen LogP contribution >= 0.6 is 0 Å². The van der Waals surface area contributed by atoms with E-state index in [1.165, 1.54) is 18.3 Å². The number of nitrogens with zero attached hydrogens (tertiary/aromatic N) is 1. The maximum absolute atomic E-state index is 13.1. The minimum atomic E-state index is -0.439. The molecule has 0 radical (unpaired) electrons. The van der Waals surface area contributed by atoms with Gasteiger partial charge in [0.05, 0.1) is 11.8 Å². The molecule has 82 valence electrons. The number of aromatic amines is 1. The summed E-state index contributed by atoms with van der Waals surface area (Å²) in [5.74, 6) is -0.591. The Morgan fingerprint density at radius 3 is 2.75 bits per heavy atom. The molecule has 0 saturated carbocycles. The fraction of sp³-hybridized carbons (Fsp3) is 0.0909. The van der Waals surface area contributed by atoms with Crippen LogP contribution in [0.5, 0.6) is 0 Å². The third-order valence-electron chi connectivity index (χ3n) is 2.22. The van der Waals surface area contributed by atoms with E-state index in [0.29, 0.717) is 5.56 Å². The number of benzene rings is 1. The number of hydrogen-bond acceptors (Lipinski definition) is 3. The first-order chi connectivity index (χ1) is 7.58. The molecule has 0 spiro atoms. The zero-order valence-corrected chi connectivity index (χ0v) is 8.62. The van der Waals surface area contributed by atoms with Crippen molar-refractivity contribution in [1.82, 2.24) is 10.2 Å². The van der Waals surface area contributed by atoms with Gasteiger partial charge in [-0.2, -0.15) is 5.10 Å². The van der Waals surface area contributed by atoms with Gasteiger partial charge in [-0.1, -0.05) is 0 Å². The zero-order chi connectivity index (χ0) is 11.7. The molecule has 0 fully saturated rings. The highest BCUT2D eigenvalue weighted by Crippen LogP contribution is 2.16. The summed E-state index contributed by atoms with van der Waals surface area (Å²) in [7, 11) is 0. The first-order valence-electron chi connectivity index (χ1n) is 4.68. The summed E-state index contributed by atoms with van der Waals surface area (Å²) < 4.78 is 13.1. The number of aryl methyl sites for hydroxylation is 1. The van der Waals surface area contributed by atoms with Crippen molar-refractivity contribution in [3.05, 3.63) is 46.9 Å². The molecular weight excluding hydrogens is 209 g/mol. The van der Waals surface area contributed by atoms with Crippen molar-refractivity contribution in [1.29, 1.82) is 0 Å². The van der Waals surface area contributed by atoms with Crippen molar-refractivity contribution in [2.75, 3.05) is 5.73 Å². The molecule has 16 heavy (non-hydrogen) atoms. The van der Waals surface area contributed by atoms with E-state index >= 15 is 0 Å². The summed E-state index contributed by atoms with van der Waals surface area (Å²) in [6.07, 6.45) is 1.33. The van der Waals surface area contributed by atoms with Gasteiger partial charge in [0.15, 0.2) is 5.78 Å². The maximum Gasteiger partial charge on any atom is 0.198 e. The van der Waals surface area contributed by atoms with Crippen LogP contribution in [0.1, 0.15) is 21.5 Å². The van der Waals surface area contributed by atoms with E-state index in [-0.39, 0.29) is 22.7 Å². The van der Waals surface area contributed by atoms with Crippen LogP contribution < -0.4 is 5.73 Å². The van der Waals surface area contributed by atoms with E-state index in [2.05, 4.69) is 10.2 Å². The Morgan fingerprint density at radius 1 is 1.44 bits per heavy atom. The molecule has 0 unspecified atom stereocenters. The Balaban J connectivity index is 2.45. The van der Waals surface area contributed by atoms with Gasteiger partial charge in [-0.15, -0.1) is 0 Å². The number of nitrogen functional groups attached to an aromatic ring is 1. The number of nitrogens with one attached hydrogen (secondary N) is 1. The van der Waals surface area contributed by atoms with Crippen LogP contribution in [-0.2, 0) is 0 Å². The number of H-pyrrole nitrogens is 1. The number of carbonyl (C=O) groups excluding carboxylic acids is 1. The van der Waals surface area contributed by atoms with Gasteiger partial charge in [0, 0.05) is 5.56 Å². The highest BCUT2D eigenvalue weighted by atomic mass is 19.1. The minimum absolute atomic E-state index is 0.187. The zero-order valence-electron chi connectivity index (χ0n) is 8.62. The van der Waals surface area contributed by atoms with Crippen LogP contribution in [-0.4, -0.2) is 16.0 Å². The Morgan fingerprint density at radius 2 is 2.19 bits per heavy atom. The average molecular weight is 219 g/mol. The predicted octanol–water partition coefficient (Wildman–Crippen LogP) is 1.67. The number of aromatic nitrogens is 2. The van der Waals surface area contributed by atoms with Crippen molar-refractivity contribution in [2.45, 2.75) is 6.92 Å². The second-order valence-corrected chi connectivity index (χ2v) is 3.54. The lowest BCUT2D eigenvalue weighted by Crippen LogP contribution is -2.04. The summed E-state index contributed by atoms with van der Waals surface area (Å²) >= 11 is 0. The Kier molecular flexibility index (Phi) is 2.44. The van der Waals surface area contributed by atoms with Crippen LogP contribution in [0, 0.1) is 12.7 Å². The van der Waals surface area contributed by atoms with Gasteiger partial charge >= 0.3 is 0 Å². The highest BCUT2D eigenvalue weighted by Gasteiger charge is 2.14. The van der Waals surface area contributed by atoms with Crippen LogP contribution in [0.2, 0.25) is 0 Å². The fourth-order valence-corrected chi connectivity index (χ4v) is 1.50. The van der Waals surface area contributed by atoms with Crippen LogP contribution in [0.25, 0.3) is 0 Å². The van der Waals surface area contributed by atoms with E-state index in [1.54, 1.807) is 13.0 Å². The lowest BCUT2D eigenvalue weighted by molar-refractivity contribution is 0.103. The van der Waals surface area contributed by atoms with Gasteiger partial charge in [0.25, 0.3) is 0 Å². The minimum Gasteiger partial charge on any atom is -0.383 e. The average Bonchev–Trinajstić information content (AvgIpc) is 2.62. The van der Waals surface area contributed by atoms with Crippen molar-refractivity contribution >= 4 is 11.6 Å². The van der Waals surface area contributed by atoms with Gasteiger partial charge < -0.3 is 5.73 Å². The normalized spacial score (nSPS) is 10.4. The molecule has 0 atom stereocenters. The van der Waals surface area contributed by atoms with Gasteiger partial charge in [-0.3, -0.25) is 9.89 Å². The van der Waals surface area contributed by atoms with E-state index < -0.39 is 5.82 Å². The van der Waals surface area contributed by atoms with Crippen LogP contribution in [0.15, 0.2) is 24.4 Å². The van der Waals surface area contributed by atoms with Crippen molar-refractivity contribution < 1.29 is 9.18 Å². The molecule has 5 heteroatoms. The van der Waals surface area contributed by atoms with Crippen molar-refractivity contribution in [3.8, 4) is 0 Å². The summed E-state index contributed by atoms with van der Waals surface area (Å²) in [4.78, 5) is 11.9. The lowest BCUT2D eigenvalue weighted by atomic mass is 10.0. The summed E-state index contributed by atoms with van der Waals surface area (Å²) in [5.41, 5.74) is 6.73. The molecule has 0 aliphatic rings. The first kappa shape index (κ1) is 10.4. The quantitative estimate of drug-likeness (QED) is 0.754. The Hall–Kier alpha value is -2.17. The van der Waals surface area contributed by atoms with Crippen molar-refractivity contribution in [3.63, 3.8) is 0 Å². The van der Waals surface area contributed by atoms with Crippen LogP contribution in [0.4, 0.5) is 10.2 Å². The fourth-order valence-electron chi connectivity index (χ4n) is 1.50. The standard InChI is InChI=1S/C11H10FN3O/c1-6-2-7(4-8(12)3-6)10(16)9-5-14-15-11(9)13/h2-5H,1H3,(H3,13,14,15). The second-order valence-electron chi connectivity index (χ2n) is 3.54. The molecule has 0 aliphatic carbocycles. The molecule has 0 bridgehead atoms. The van der Waals surface area contributed by atoms with Gasteiger partial charge in [-0.25, -0.2) is 4.39 Å². The van der Waals surface area contributed by atoms with E-state index in [9.17, 15) is 9.18 Å². The summed E-state index contributed by atoms with van der Waals surface area (Å²) in [6, 6.07) is 4.15. The number of anilines is 1. The second kappa shape index (κ2) is 3.77. The topological polar surface area (TPSA) is 71.8 Å². The summed E-state index contributed by atoms with van der Waals surface area (Å²) in [6.45, 7) is 1.72. The number of carbonyl (C=O) groups is 1. The Labute approximate surface area is 91.3 Å². The van der Waals surface area contributed by atoms with E-state index in [1.807, 2.05) is 0 Å². The van der Waals surface area contributed by atoms with E-state index in [0.717, 1.165) is 0 Å². The van der Waals surface area contributed by atoms with Gasteiger partial charge in [0.2, 0.25) is 0 Å². The smallest absolute Gasteiger partial charge is 0.198 e. The first-order valence-corrected chi connectivity index (χ1v) is 4.68. The van der Waals surface area contributed by atoms with Crippen molar-refractivity contribution in [2.24, 2.45) is 0 Å². The molecule has 0 aliphatic heterocycles. The molecule has 1 aromatic heterocycles. The predicted molar refractivity (Wildman–Crippen MR) is 57.6 cm³/mol. The molecule has 0 saturated heterocycles. The number of halogens is 1. The summed E-state index contributed by atoms with van der Waals surface area (Å²) in [5, 5.41) is 6.11. The molecular formula is C11H10FN3O. The number of nitrogens with two attached hydrogens (primary N) is 1. The van der Waals surface area contributed by atoms with Gasteiger partial charge in [0.1, 0.15) is 11.6 Å². The van der Waals surface area contributed by atoms with Crippen LogP contribution in [0.3, 0.4) is 0 Å². The molecule has 1 heterocycles. The SMILES string of the molecule is Cc1cc(F)cc(C(=O)c2cn[nH]c2N)c1. The maximum atomic E-state index is 13.1. The molecule has 1 aromatic carbocycles. The highest BCUT2D eigenvalue weighted by molar-refractivity contribution is 6.11. The lowest BCUT2D eigenvalue weighted by Gasteiger charge is -2.01. The molecule has 2 aromatic rings. The number of hydrogen-bond donors (Lipinski definition) is 2.